The van der Waals surface area contributed by atoms with E-state index < -0.39 is 16.0 Å². The van der Waals surface area contributed by atoms with E-state index >= 15 is 0 Å². The van der Waals surface area contributed by atoms with E-state index in [0.29, 0.717) is 44.5 Å². The number of hydrogen-bond donors (Lipinski definition) is 1. The minimum atomic E-state index is -3.47. The van der Waals surface area contributed by atoms with Gasteiger partial charge in [0.15, 0.2) is 0 Å². The molecule has 1 saturated heterocycles. The summed E-state index contributed by atoms with van der Waals surface area (Å²) in [6, 6.07) is 5.94. The summed E-state index contributed by atoms with van der Waals surface area (Å²) in [5, 5.41) is 13.0. The SMILES string of the molecule is O=C([O-])CCCCCNC(=O)c1ccc(S(=O)(=O)N2CCCC2)cc1. The van der Waals surface area contributed by atoms with Gasteiger partial charge in [0.05, 0.1) is 4.90 Å². The van der Waals surface area contributed by atoms with Crippen molar-refractivity contribution >= 4 is 21.9 Å². The first-order chi connectivity index (χ1) is 11.9. The third kappa shape index (κ3) is 5.54. The Morgan fingerprint density at radius 3 is 2.28 bits per heavy atom. The molecule has 0 saturated carbocycles. The van der Waals surface area contributed by atoms with Gasteiger partial charge in [-0.2, -0.15) is 4.31 Å². The zero-order valence-electron chi connectivity index (χ0n) is 14.1. The maximum absolute atomic E-state index is 12.4. The molecule has 1 fully saturated rings. The number of amides is 1. The van der Waals surface area contributed by atoms with Crippen molar-refractivity contribution in [2.75, 3.05) is 19.6 Å². The number of rotatable bonds is 9. The molecule has 2 rings (SSSR count). The van der Waals surface area contributed by atoms with Crippen molar-refractivity contribution in [1.29, 1.82) is 0 Å². The lowest BCUT2D eigenvalue weighted by atomic mass is 10.2. The van der Waals surface area contributed by atoms with Crippen LogP contribution in [-0.4, -0.2) is 44.2 Å². The van der Waals surface area contributed by atoms with Crippen LogP contribution in [0.1, 0.15) is 48.9 Å². The lowest BCUT2D eigenvalue weighted by Gasteiger charge is -2.15. The van der Waals surface area contributed by atoms with Gasteiger partial charge >= 0.3 is 0 Å². The summed E-state index contributed by atoms with van der Waals surface area (Å²) in [6.45, 7) is 1.53. The van der Waals surface area contributed by atoms with Crippen LogP contribution in [0.15, 0.2) is 29.2 Å². The number of sulfonamides is 1. The molecule has 0 bridgehead atoms. The first-order valence-corrected chi connectivity index (χ1v) is 9.93. The zero-order chi connectivity index (χ0) is 18.3. The Morgan fingerprint density at radius 2 is 1.68 bits per heavy atom. The third-order valence-corrected chi connectivity index (χ3v) is 6.08. The van der Waals surface area contributed by atoms with E-state index in [1.165, 1.54) is 28.6 Å². The standard InChI is InChI=1S/C17H24N2O5S/c20-16(21)6-2-1-3-11-18-17(22)14-7-9-15(10-8-14)25(23,24)19-12-4-5-13-19/h7-10H,1-6,11-13H2,(H,18,22)(H,20,21)/p-1. The highest BCUT2D eigenvalue weighted by Gasteiger charge is 2.27. The second-order valence-electron chi connectivity index (χ2n) is 6.07. The van der Waals surface area contributed by atoms with Gasteiger partial charge in [0.25, 0.3) is 5.91 Å². The predicted octanol–water partition coefficient (Wildman–Crippen LogP) is 0.511. The van der Waals surface area contributed by atoms with Crippen LogP contribution in [0.25, 0.3) is 0 Å². The van der Waals surface area contributed by atoms with E-state index in [4.69, 9.17) is 0 Å². The van der Waals surface area contributed by atoms with Crippen LogP contribution in [0, 0.1) is 0 Å². The van der Waals surface area contributed by atoms with Crippen molar-refractivity contribution in [3.63, 3.8) is 0 Å². The van der Waals surface area contributed by atoms with Crippen LogP contribution in [-0.2, 0) is 14.8 Å². The van der Waals surface area contributed by atoms with Crippen LogP contribution in [0.3, 0.4) is 0 Å². The average Bonchev–Trinajstić information content (AvgIpc) is 3.13. The Labute approximate surface area is 148 Å². The fraction of sp³-hybridized carbons (Fsp3) is 0.529. The summed E-state index contributed by atoms with van der Waals surface area (Å²) in [4.78, 5) is 22.5. The van der Waals surface area contributed by atoms with E-state index in [1.807, 2.05) is 0 Å². The highest BCUT2D eigenvalue weighted by atomic mass is 32.2. The summed E-state index contributed by atoms with van der Waals surface area (Å²) in [7, 11) is -3.47. The average molecular weight is 367 g/mol. The molecule has 1 amide bonds. The summed E-state index contributed by atoms with van der Waals surface area (Å²) in [5.74, 6) is -1.34. The summed E-state index contributed by atoms with van der Waals surface area (Å²) in [5.41, 5.74) is 0.398. The van der Waals surface area contributed by atoms with E-state index in [1.54, 1.807) is 0 Å². The number of nitrogens with zero attached hydrogens (tertiary/aromatic N) is 1. The molecule has 1 aromatic rings. The van der Waals surface area contributed by atoms with Gasteiger partial charge in [-0.1, -0.05) is 6.42 Å². The Morgan fingerprint density at radius 1 is 1.04 bits per heavy atom. The van der Waals surface area contributed by atoms with Gasteiger partial charge < -0.3 is 15.2 Å². The minimum absolute atomic E-state index is 0.0287. The molecule has 0 radical (unpaired) electrons. The van der Waals surface area contributed by atoms with Crippen LogP contribution < -0.4 is 10.4 Å². The molecule has 8 heteroatoms. The maximum atomic E-state index is 12.4. The second-order valence-corrected chi connectivity index (χ2v) is 8.01. The minimum Gasteiger partial charge on any atom is -0.550 e. The van der Waals surface area contributed by atoms with Crippen molar-refractivity contribution in [1.82, 2.24) is 9.62 Å². The molecule has 1 heterocycles. The van der Waals surface area contributed by atoms with E-state index in [0.717, 1.165) is 12.8 Å². The number of hydrogen-bond acceptors (Lipinski definition) is 5. The van der Waals surface area contributed by atoms with Gasteiger partial charge in [-0.15, -0.1) is 0 Å². The summed E-state index contributed by atoms with van der Waals surface area (Å²) in [6.07, 6.45) is 3.69. The third-order valence-electron chi connectivity index (χ3n) is 4.16. The molecule has 1 aliphatic heterocycles. The fourth-order valence-corrected chi connectivity index (χ4v) is 4.25. The van der Waals surface area contributed by atoms with Gasteiger partial charge in [0.1, 0.15) is 0 Å². The Hall–Kier alpha value is -1.93. The van der Waals surface area contributed by atoms with E-state index in [9.17, 15) is 23.1 Å². The fourth-order valence-electron chi connectivity index (χ4n) is 2.73. The Kier molecular flexibility index (Phi) is 6.95. The number of aliphatic carboxylic acids is 1. The van der Waals surface area contributed by atoms with Crippen molar-refractivity contribution < 1.29 is 23.1 Å². The van der Waals surface area contributed by atoms with Crippen LogP contribution >= 0.6 is 0 Å². The first-order valence-electron chi connectivity index (χ1n) is 8.49. The number of unbranched alkanes of at least 4 members (excludes halogenated alkanes) is 2. The number of nitrogens with one attached hydrogen (secondary N) is 1. The molecule has 1 N–H and O–H groups in total. The maximum Gasteiger partial charge on any atom is 0.251 e. The highest BCUT2D eigenvalue weighted by Crippen LogP contribution is 2.21. The largest absolute Gasteiger partial charge is 0.550 e. The molecule has 7 nitrogen and oxygen atoms in total. The topological polar surface area (TPSA) is 107 Å². The number of carbonyl (C=O) groups is 2. The first kappa shape index (κ1) is 19.4. The zero-order valence-corrected chi connectivity index (χ0v) is 14.9. The number of carboxylic acids is 1. The van der Waals surface area contributed by atoms with Gasteiger partial charge in [-0.25, -0.2) is 8.42 Å². The van der Waals surface area contributed by atoms with Crippen molar-refractivity contribution in [2.45, 2.75) is 43.4 Å². The second kappa shape index (κ2) is 8.96. The molecule has 0 spiro atoms. The van der Waals surface area contributed by atoms with Crippen molar-refractivity contribution in [3.8, 4) is 0 Å². The van der Waals surface area contributed by atoms with E-state index in [-0.39, 0.29) is 17.2 Å². The van der Waals surface area contributed by atoms with Gasteiger partial charge in [0.2, 0.25) is 10.0 Å². The lowest BCUT2D eigenvalue weighted by Crippen LogP contribution is -2.28. The lowest BCUT2D eigenvalue weighted by molar-refractivity contribution is -0.305. The molecular formula is C17H23N2O5S-. The molecule has 1 aliphatic rings. The molecule has 0 aliphatic carbocycles. The smallest absolute Gasteiger partial charge is 0.251 e. The highest BCUT2D eigenvalue weighted by molar-refractivity contribution is 7.89. The monoisotopic (exact) mass is 367 g/mol. The van der Waals surface area contributed by atoms with E-state index in [2.05, 4.69) is 5.32 Å². The molecule has 1 aromatic carbocycles. The van der Waals surface area contributed by atoms with Gasteiger partial charge in [-0.05, 0) is 56.4 Å². The summed E-state index contributed by atoms with van der Waals surface area (Å²) >= 11 is 0. The van der Waals surface area contributed by atoms with Gasteiger partial charge in [0, 0.05) is 31.2 Å². The molecule has 0 aromatic heterocycles. The number of carbonyl (C=O) groups excluding carboxylic acids is 2. The van der Waals surface area contributed by atoms with Crippen molar-refractivity contribution in [3.05, 3.63) is 29.8 Å². The number of benzene rings is 1. The predicted molar refractivity (Wildman–Crippen MR) is 90.2 cm³/mol. The van der Waals surface area contributed by atoms with Crippen LogP contribution in [0.5, 0.6) is 0 Å². The molecular weight excluding hydrogens is 344 g/mol. The Bertz CT molecular complexity index is 694. The van der Waals surface area contributed by atoms with Crippen LogP contribution in [0.4, 0.5) is 0 Å². The molecule has 25 heavy (non-hydrogen) atoms. The van der Waals surface area contributed by atoms with Crippen LogP contribution in [0.2, 0.25) is 0 Å². The van der Waals surface area contributed by atoms with Crippen molar-refractivity contribution in [2.24, 2.45) is 0 Å². The molecule has 0 unspecified atom stereocenters. The van der Waals surface area contributed by atoms with Gasteiger partial charge in [-0.3, -0.25) is 4.79 Å². The normalized spacial score (nSPS) is 15.2. The Balaban J connectivity index is 1.82. The quantitative estimate of drug-likeness (QED) is 0.640. The molecule has 138 valence electrons. The molecule has 0 atom stereocenters. The summed E-state index contributed by atoms with van der Waals surface area (Å²) < 4.78 is 26.3. The number of carboxylic acid groups (broad SMARTS) is 1.